The fourth-order valence-corrected chi connectivity index (χ4v) is 3.87. The van der Waals surface area contributed by atoms with Crippen LogP contribution in [0.25, 0.3) is 28.1 Å². The van der Waals surface area contributed by atoms with Gasteiger partial charge in [0.15, 0.2) is 11.5 Å². The summed E-state index contributed by atoms with van der Waals surface area (Å²) in [5.74, 6) is 0.455. The predicted molar refractivity (Wildman–Crippen MR) is 127 cm³/mol. The van der Waals surface area contributed by atoms with Gasteiger partial charge in [0.05, 0.1) is 40.4 Å². The Morgan fingerprint density at radius 3 is 2.52 bits per heavy atom. The fraction of sp³-hybridized carbons (Fsp3) is 0.160. The predicted octanol–water partition coefficient (Wildman–Crippen LogP) is 4.57. The molecule has 164 valence electrons. The van der Waals surface area contributed by atoms with Crippen molar-refractivity contribution in [1.29, 1.82) is 0 Å². The number of rotatable bonds is 5. The monoisotopic (exact) mass is 437 g/mol. The molecule has 8 heteroatoms. The number of pyridine rings is 2. The van der Waals surface area contributed by atoms with Gasteiger partial charge in [-0.1, -0.05) is 30.3 Å². The smallest absolute Gasteiger partial charge is 0.256 e. The van der Waals surface area contributed by atoms with Crippen LogP contribution in [0, 0.1) is 13.8 Å². The van der Waals surface area contributed by atoms with Crippen LogP contribution >= 0.6 is 0 Å². The van der Waals surface area contributed by atoms with Crippen LogP contribution in [0.15, 0.2) is 67.0 Å². The van der Waals surface area contributed by atoms with Crippen LogP contribution in [0.4, 0.5) is 5.69 Å². The number of carbonyl (C=O) groups is 1. The van der Waals surface area contributed by atoms with E-state index in [1.807, 2.05) is 75.4 Å². The standard InChI is InChI=1S/C25H23N7O/c1-4-31-24-21(15-27-31)20(13-22(29-24)18-8-6-5-7-9-18)25(33)28-19-10-11-23(26-14-19)32-17(3)12-16(2)30-32/h5-15H,4H2,1-3H3,(H,28,33). The Morgan fingerprint density at radius 2 is 1.85 bits per heavy atom. The van der Waals surface area contributed by atoms with Crippen LogP contribution in [0.3, 0.4) is 0 Å². The maximum atomic E-state index is 13.3. The van der Waals surface area contributed by atoms with Gasteiger partial charge in [-0.2, -0.15) is 10.2 Å². The van der Waals surface area contributed by atoms with E-state index in [0.29, 0.717) is 34.6 Å². The topological polar surface area (TPSA) is 90.5 Å². The SMILES string of the molecule is CCn1ncc2c(C(=O)Nc3ccc(-n4nc(C)cc4C)nc3)cc(-c3ccccc3)nc21. The molecule has 1 amide bonds. The summed E-state index contributed by atoms with van der Waals surface area (Å²) in [5, 5.41) is 12.5. The molecule has 4 aromatic heterocycles. The lowest BCUT2D eigenvalue weighted by Gasteiger charge is -2.10. The van der Waals surface area contributed by atoms with Gasteiger partial charge in [0.2, 0.25) is 0 Å². The van der Waals surface area contributed by atoms with Crippen LogP contribution < -0.4 is 5.32 Å². The summed E-state index contributed by atoms with van der Waals surface area (Å²) < 4.78 is 3.57. The number of aromatic nitrogens is 6. The van der Waals surface area contributed by atoms with Crippen molar-refractivity contribution in [1.82, 2.24) is 29.5 Å². The molecule has 0 bridgehead atoms. The highest BCUT2D eigenvalue weighted by Gasteiger charge is 2.18. The minimum absolute atomic E-state index is 0.240. The van der Waals surface area contributed by atoms with E-state index >= 15 is 0 Å². The first-order valence-corrected chi connectivity index (χ1v) is 10.8. The van der Waals surface area contributed by atoms with E-state index in [0.717, 1.165) is 22.6 Å². The molecule has 0 aliphatic rings. The number of aryl methyl sites for hydroxylation is 3. The van der Waals surface area contributed by atoms with Crippen molar-refractivity contribution in [2.45, 2.75) is 27.3 Å². The van der Waals surface area contributed by atoms with Gasteiger partial charge in [-0.3, -0.25) is 4.79 Å². The number of anilines is 1. The molecule has 0 atom stereocenters. The second-order valence-electron chi connectivity index (χ2n) is 7.82. The van der Waals surface area contributed by atoms with E-state index in [2.05, 4.69) is 20.5 Å². The third-order valence-electron chi connectivity index (χ3n) is 5.46. The highest BCUT2D eigenvalue weighted by atomic mass is 16.1. The molecule has 0 fully saturated rings. The summed E-state index contributed by atoms with van der Waals surface area (Å²) in [6, 6.07) is 17.3. The van der Waals surface area contributed by atoms with Crippen molar-refractivity contribution in [2.24, 2.45) is 0 Å². The molecular formula is C25H23N7O. The summed E-state index contributed by atoms with van der Waals surface area (Å²) in [6.45, 7) is 6.58. The number of carbonyl (C=O) groups excluding carboxylic acids is 1. The van der Waals surface area contributed by atoms with E-state index in [1.165, 1.54) is 0 Å². The number of fused-ring (bicyclic) bond motifs is 1. The van der Waals surface area contributed by atoms with Gasteiger partial charge in [0, 0.05) is 17.8 Å². The van der Waals surface area contributed by atoms with Crippen LogP contribution in [-0.4, -0.2) is 35.4 Å². The Hall–Kier alpha value is -4.33. The van der Waals surface area contributed by atoms with E-state index in [-0.39, 0.29) is 5.91 Å². The van der Waals surface area contributed by atoms with Crippen molar-refractivity contribution in [3.63, 3.8) is 0 Å². The van der Waals surface area contributed by atoms with Crippen LogP contribution in [0.2, 0.25) is 0 Å². The summed E-state index contributed by atoms with van der Waals surface area (Å²) >= 11 is 0. The zero-order valence-electron chi connectivity index (χ0n) is 18.6. The van der Waals surface area contributed by atoms with Crippen LogP contribution in [0.1, 0.15) is 28.7 Å². The molecule has 4 heterocycles. The first-order chi connectivity index (χ1) is 16.0. The number of hydrogen-bond acceptors (Lipinski definition) is 5. The molecule has 0 saturated carbocycles. The van der Waals surface area contributed by atoms with Gasteiger partial charge in [-0.25, -0.2) is 19.3 Å². The van der Waals surface area contributed by atoms with E-state index in [1.54, 1.807) is 21.8 Å². The van der Waals surface area contributed by atoms with E-state index in [9.17, 15) is 4.79 Å². The van der Waals surface area contributed by atoms with Gasteiger partial charge in [0.25, 0.3) is 5.91 Å². The highest BCUT2D eigenvalue weighted by Crippen LogP contribution is 2.26. The Morgan fingerprint density at radius 1 is 1.03 bits per heavy atom. The Kier molecular flexibility index (Phi) is 5.18. The van der Waals surface area contributed by atoms with E-state index < -0.39 is 0 Å². The second kappa shape index (κ2) is 8.31. The summed E-state index contributed by atoms with van der Waals surface area (Å²) in [4.78, 5) is 22.6. The quantitative estimate of drug-likeness (QED) is 0.435. The minimum atomic E-state index is -0.240. The van der Waals surface area contributed by atoms with Crippen molar-refractivity contribution >= 4 is 22.6 Å². The number of benzene rings is 1. The first-order valence-electron chi connectivity index (χ1n) is 10.8. The van der Waals surface area contributed by atoms with Gasteiger partial charge in [-0.15, -0.1) is 0 Å². The molecule has 0 aliphatic carbocycles. The third kappa shape index (κ3) is 3.87. The second-order valence-corrected chi connectivity index (χ2v) is 7.82. The molecular weight excluding hydrogens is 414 g/mol. The lowest BCUT2D eigenvalue weighted by atomic mass is 10.1. The lowest BCUT2D eigenvalue weighted by Crippen LogP contribution is -2.14. The molecule has 0 unspecified atom stereocenters. The molecule has 1 aromatic carbocycles. The number of amides is 1. The van der Waals surface area contributed by atoms with Crippen molar-refractivity contribution in [3.05, 3.63) is 83.9 Å². The minimum Gasteiger partial charge on any atom is -0.321 e. The van der Waals surface area contributed by atoms with E-state index in [4.69, 9.17) is 4.98 Å². The first kappa shape index (κ1) is 20.6. The van der Waals surface area contributed by atoms with Crippen molar-refractivity contribution < 1.29 is 4.79 Å². The molecule has 8 nitrogen and oxygen atoms in total. The summed E-state index contributed by atoms with van der Waals surface area (Å²) in [6.07, 6.45) is 3.33. The molecule has 0 aliphatic heterocycles. The summed E-state index contributed by atoms with van der Waals surface area (Å²) in [7, 11) is 0. The molecule has 5 rings (SSSR count). The zero-order chi connectivity index (χ0) is 22.9. The fourth-order valence-electron chi connectivity index (χ4n) is 3.87. The maximum Gasteiger partial charge on any atom is 0.256 e. The largest absolute Gasteiger partial charge is 0.321 e. The van der Waals surface area contributed by atoms with Crippen molar-refractivity contribution in [3.8, 4) is 17.1 Å². The van der Waals surface area contributed by atoms with Gasteiger partial charge in [-0.05, 0) is 45.0 Å². The van der Waals surface area contributed by atoms with Gasteiger partial charge < -0.3 is 5.32 Å². The average molecular weight is 438 g/mol. The van der Waals surface area contributed by atoms with Gasteiger partial charge >= 0.3 is 0 Å². The average Bonchev–Trinajstić information content (AvgIpc) is 3.41. The number of nitrogens with one attached hydrogen (secondary N) is 1. The van der Waals surface area contributed by atoms with Crippen LogP contribution in [0.5, 0.6) is 0 Å². The molecule has 5 aromatic rings. The van der Waals surface area contributed by atoms with Gasteiger partial charge in [0.1, 0.15) is 0 Å². The maximum absolute atomic E-state index is 13.3. The molecule has 0 radical (unpaired) electrons. The molecule has 0 spiro atoms. The number of hydrogen-bond donors (Lipinski definition) is 1. The Labute approximate surface area is 190 Å². The molecule has 1 N–H and O–H groups in total. The zero-order valence-corrected chi connectivity index (χ0v) is 18.6. The highest BCUT2D eigenvalue weighted by molar-refractivity contribution is 6.12. The molecule has 0 saturated heterocycles. The van der Waals surface area contributed by atoms with Crippen LogP contribution in [-0.2, 0) is 6.54 Å². The number of nitrogens with zero attached hydrogens (tertiary/aromatic N) is 6. The lowest BCUT2D eigenvalue weighted by molar-refractivity contribution is 0.102. The molecule has 33 heavy (non-hydrogen) atoms. The Balaban J connectivity index is 1.49. The normalized spacial score (nSPS) is 11.1. The van der Waals surface area contributed by atoms with Crippen molar-refractivity contribution in [2.75, 3.05) is 5.32 Å². The third-order valence-corrected chi connectivity index (χ3v) is 5.46. The Bertz CT molecular complexity index is 1450. The summed E-state index contributed by atoms with van der Waals surface area (Å²) in [5.41, 5.74) is 5.38.